The van der Waals surface area contributed by atoms with Crippen LogP contribution in [0.3, 0.4) is 0 Å². The summed E-state index contributed by atoms with van der Waals surface area (Å²) in [5, 5.41) is 0.476. The molecule has 1 aromatic carbocycles. The van der Waals surface area contributed by atoms with E-state index in [0.29, 0.717) is 5.02 Å². The Labute approximate surface area is 121 Å². The van der Waals surface area contributed by atoms with Gasteiger partial charge in [-0.15, -0.1) is 11.6 Å². The van der Waals surface area contributed by atoms with Gasteiger partial charge < -0.3 is 0 Å². The molecule has 0 spiro atoms. The first-order chi connectivity index (χ1) is 8.38. The van der Waals surface area contributed by atoms with Crippen molar-refractivity contribution in [2.45, 2.75) is 29.7 Å². The third kappa shape index (κ3) is 2.78. The lowest BCUT2D eigenvalue weighted by Gasteiger charge is -2.40. The number of alkyl halides is 1. The Balaban J connectivity index is 2.33. The molecule has 0 heterocycles. The SMILES string of the molecule is O=S(=O)(NC1(CCl)CCC1)c1cc(Cl)ccc1Cl. The number of hydrogen-bond acceptors (Lipinski definition) is 2. The van der Waals surface area contributed by atoms with E-state index in [-0.39, 0.29) is 15.8 Å². The smallest absolute Gasteiger partial charge is 0.207 e. The standard InChI is InChI=1S/C11H12Cl3NO2S/c12-7-11(4-1-5-11)15-18(16,17)10-6-8(13)2-3-9(10)14/h2-3,6,15H,1,4-5,7H2. The molecule has 1 aliphatic rings. The summed E-state index contributed by atoms with van der Waals surface area (Å²) in [4.78, 5) is -0.00643. The Kier molecular flexibility index (Phi) is 4.14. The van der Waals surface area contributed by atoms with Crippen molar-refractivity contribution in [1.29, 1.82) is 0 Å². The normalized spacial score (nSPS) is 18.4. The molecule has 1 aliphatic carbocycles. The van der Waals surface area contributed by atoms with Crippen molar-refractivity contribution in [2.24, 2.45) is 0 Å². The summed E-state index contributed by atoms with van der Waals surface area (Å²) in [6.07, 6.45) is 2.46. The monoisotopic (exact) mass is 327 g/mol. The van der Waals surface area contributed by atoms with Crippen LogP contribution in [0.25, 0.3) is 0 Å². The summed E-state index contributed by atoms with van der Waals surface area (Å²) in [5.41, 5.74) is -0.536. The molecular weight excluding hydrogens is 317 g/mol. The first-order valence-electron chi connectivity index (χ1n) is 5.44. The van der Waals surface area contributed by atoms with Crippen LogP contribution in [0.1, 0.15) is 19.3 Å². The van der Waals surface area contributed by atoms with E-state index in [0.717, 1.165) is 19.3 Å². The predicted molar refractivity (Wildman–Crippen MR) is 74.1 cm³/mol. The van der Waals surface area contributed by atoms with Gasteiger partial charge in [0.25, 0.3) is 0 Å². The van der Waals surface area contributed by atoms with E-state index in [9.17, 15) is 8.42 Å². The number of rotatable bonds is 4. The van der Waals surface area contributed by atoms with Crippen LogP contribution in [0, 0.1) is 0 Å². The summed E-state index contributed by atoms with van der Waals surface area (Å²) >= 11 is 17.5. The lowest BCUT2D eigenvalue weighted by molar-refractivity contribution is 0.252. The molecule has 3 nitrogen and oxygen atoms in total. The van der Waals surface area contributed by atoms with Gasteiger partial charge in [0, 0.05) is 16.4 Å². The average molecular weight is 329 g/mol. The van der Waals surface area contributed by atoms with Gasteiger partial charge in [0.15, 0.2) is 0 Å². The van der Waals surface area contributed by atoms with E-state index in [1.807, 2.05) is 0 Å². The van der Waals surface area contributed by atoms with Crippen molar-refractivity contribution in [1.82, 2.24) is 4.72 Å². The fourth-order valence-electron chi connectivity index (χ4n) is 1.89. The minimum Gasteiger partial charge on any atom is -0.207 e. The highest BCUT2D eigenvalue weighted by Crippen LogP contribution is 2.35. The molecule has 0 aromatic heterocycles. The first kappa shape index (κ1) is 14.4. The number of hydrogen-bond donors (Lipinski definition) is 1. The van der Waals surface area contributed by atoms with E-state index in [1.54, 1.807) is 6.07 Å². The second-order valence-electron chi connectivity index (χ2n) is 4.45. The Morgan fingerprint density at radius 2 is 1.94 bits per heavy atom. The van der Waals surface area contributed by atoms with Crippen molar-refractivity contribution in [2.75, 3.05) is 5.88 Å². The molecule has 1 aromatic rings. The molecule has 0 radical (unpaired) electrons. The van der Waals surface area contributed by atoms with Crippen LogP contribution in [0.5, 0.6) is 0 Å². The molecule has 1 saturated carbocycles. The van der Waals surface area contributed by atoms with Gasteiger partial charge in [-0.3, -0.25) is 0 Å². The Hall–Kier alpha value is -0.000000000000000167. The highest BCUT2D eigenvalue weighted by Gasteiger charge is 2.40. The maximum Gasteiger partial charge on any atom is 0.242 e. The first-order valence-corrected chi connectivity index (χ1v) is 8.21. The number of benzene rings is 1. The van der Waals surface area contributed by atoms with Crippen LogP contribution >= 0.6 is 34.8 Å². The maximum atomic E-state index is 12.3. The largest absolute Gasteiger partial charge is 0.242 e. The maximum absolute atomic E-state index is 12.3. The average Bonchev–Trinajstić information content (AvgIpc) is 2.27. The van der Waals surface area contributed by atoms with Gasteiger partial charge in [-0.05, 0) is 37.5 Å². The fraction of sp³-hybridized carbons (Fsp3) is 0.455. The summed E-state index contributed by atoms with van der Waals surface area (Å²) < 4.78 is 27.2. The van der Waals surface area contributed by atoms with Gasteiger partial charge in [0.2, 0.25) is 10.0 Å². The third-order valence-corrected chi connectivity index (χ3v) is 5.91. The number of nitrogens with one attached hydrogen (secondary N) is 1. The molecule has 0 saturated heterocycles. The molecular formula is C11H12Cl3NO2S. The highest BCUT2D eigenvalue weighted by atomic mass is 35.5. The molecule has 1 N–H and O–H groups in total. The number of halogens is 3. The van der Waals surface area contributed by atoms with Crippen LogP contribution in [-0.2, 0) is 10.0 Å². The molecule has 100 valence electrons. The van der Waals surface area contributed by atoms with E-state index < -0.39 is 15.6 Å². The van der Waals surface area contributed by atoms with Gasteiger partial charge in [0.05, 0.1) is 5.02 Å². The minimum absolute atomic E-state index is 0.00643. The lowest BCUT2D eigenvalue weighted by Crippen LogP contribution is -2.54. The molecule has 0 bridgehead atoms. The third-order valence-electron chi connectivity index (χ3n) is 3.10. The van der Waals surface area contributed by atoms with Gasteiger partial charge in [-0.25, -0.2) is 13.1 Å². The van der Waals surface area contributed by atoms with E-state index in [4.69, 9.17) is 34.8 Å². The Morgan fingerprint density at radius 3 is 2.44 bits per heavy atom. The predicted octanol–water partition coefficient (Wildman–Crippen LogP) is 3.43. The van der Waals surface area contributed by atoms with Gasteiger partial charge in [0.1, 0.15) is 4.90 Å². The van der Waals surface area contributed by atoms with Gasteiger partial charge in [-0.2, -0.15) is 0 Å². The lowest BCUT2D eigenvalue weighted by atomic mass is 9.79. The van der Waals surface area contributed by atoms with Crippen LogP contribution in [-0.4, -0.2) is 19.8 Å². The van der Waals surface area contributed by atoms with Crippen molar-refractivity contribution in [3.63, 3.8) is 0 Å². The topological polar surface area (TPSA) is 46.2 Å². The zero-order valence-electron chi connectivity index (χ0n) is 9.42. The molecule has 0 atom stereocenters. The molecule has 0 amide bonds. The van der Waals surface area contributed by atoms with E-state index in [2.05, 4.69) is 4.72 Å². The molecule has 1 fully saturated rings. The van der Waals surface area contributed by atoms with E-state index in [1.165, 1.54) is 12.1 Å². The van der Waals surface area contributed by atoms with Gasteiger partial charge >= 0.3 is 0 Å². The van der Waals surface area contributed by atoms with Crippen LogP contribution in [0.15, 0.2) is 23.1 Å². The second kappa shape index (κ2) is 5.17. The zero-order chi connectivity index (χ0) is 13.4. The molecule has 7 heteroatoms. The molecule has 0 unspecified atom stereocenters. The Bertz CT molecular complexity index is 550. The second-order valence-corrected chi connectivity index (χ2v) is 7.21. The van der Waals surface area contributed by atoms with Crippen molar-refractivity contribution in [3.05, 3.63) is 28.2 Å². The van der Waals surface area contributed by atoms with Crippen LogP contribution in [0.2, 0.25) is 10.0 Å². The van der Waals surface area contributed by atoms with Crippen molar-refractivity contribution >= 4 is 44.8 Å². The number of sulfonamides is 1. The van der Waals surface area contributed by atoms with Crippen molar-refractivity contribution in [3.8, 4) is 0 Å². The summed E-state index contributed by atoms with van der Waals surface area (Å²) in [5.74, 6) is 0.254. The van der Waals surface area contributed by atoms with Crippen LogP contribution in [0.4, 0.5) is 0 Å². The summed E-state index contributed by atoms with van der Waals surface area (Å²) in [6.45, 7) is 0. The zero-order valence-corrected chi connectivity index (χ0v) is 12.5. The van der Waals surface area contributed by atoms with Crippen LogP contribution < -0.4 is 4.72 Å². The highest BCUT2D eigenvalue weighted by molar-refractivity contribution is 7.89. The Morgan fingerprint density at radius 1 is 1.28 bits per heavy atom. The summed E-state index contributed by atoms with van der Waals surface area (Å²) in [7, 11) is -3.69. The fourth-order valence-corrected chi connectivity index (χ4v) is 4.53. The summed E-state index contributed by atoms with van der Waals surface area (Å²) in [6, 6.07) is 4.35. The quantitative estimate of drug-likeness (QED) is 0.861. The van der Waals surface area contributed by atoms with E-state index >= 15 is 0 Å². The minimum atomic E-state index is -3.69. The molecule has 2 rings (SSSR count). The van der Waals surface area contributed by atoms with Crippen molar-refractivity contribution < 1.29 is 8.42 Å². The molecule has 18 heavy (non-hydrogen) atoms. The molecule has 0 aliphatic heterocycles. The van der Waals surface area contributed by atoms with Gasteiger partial charge in [-0.1, -0.05) is 23.2 Å².